The van der Waals surface area contributed by atoms with Gasteiger partial charge >= 0.3 is 0 Å². The van der Waals surface area contributed by atoms with Crippen molar-refractivity contribution in [2.24, 2.45) is 0 Å². The first-order valence-corrected chi connectivity index (χ1v) is 8.35. The second kappa shape index (κ2) is 4.85. The molecule has 0 saturated carbocycles. The van der Waals surface area contributed by atoms with Crippen molar-refractivity contribution in [2.45, 2.75) is 51.2 Å². The number of aromatic nitrogens is 2. The maximum atomic E-state index is 5.91. The molecule has 2 aliphatic rings. The second-order valence-corrected chi connectivity index (χ2v) is 6.82. The van der Waals surface area contributed by atoms with E-state index in [-0.39, 0.29) is 6.23 Å². The molecule has 2 aromatic rings. The molecule has 1 saturated heterocycles. The standard InChI is InChI=1S/C16H19BrN2O/c1-10-5-6-11-8-14-13(9-12(10)11)16(17)18-19(14)15-4-2-3-7-20-15/h8-10,15H,2-7H2,1H3. The molecule has 1 fully saturated rings. The van der Waals surface area contributed by atoms with E-state index < -0.39 is 0 Å². The van der Waals surface area contributed by atoms with Gasteiger partial charge in [-0.3, -0.25) is 0 Å². The molecule has 1 aliphatic heterocycles. The number of hydrogen-bond donors (Lipinski definition) is 0. The fourth-order valence-electron chi connectivity index (χ4n) is 3.54. The van der Waals surface area contributed by atoms with Gasteiger partial charge in [0.1, 0.15) is 4.60 Å². The molecule has 2 heterocycles. The summed E-state index contributed by atoms with van der Waals surface area (Å²) < 4.78 is 8.94. The highest BCUT2D eigenvalue weighted by Gasteiger charge is 2.24. The largest absolute Gasteiger partial charge is 0.356 e. The zero-order chi connectivity index (χ0) is 13.7. The molecule has 20 heavy (non-hydrogen) atoms. The van der Waals surface area contributed by atoms with Gasteiger partial charge in [0.25, 0.3) is 0 Å². The van der Waals surface area contributed by atoms with E-state index in [0.717, 1.165) is 17.6 Å². The molecular formula is C16H19BrN2O. The SMILES string of the molecule is CC1CCc2cc3c(cc21)c(Br)nn3C1CCCCO1. The molecule has 2 unspecified atom stereocenters. The number of benzene rings is 1. The van der Waals surface area contributed by atoms with Crippen LogP contribution in [0.2, 0.25) is 0 Å². The van der Waals surface area contributed by atoms with Crippen molar-refractivity contribution in [3.63, 3.8) is 0 Å². The van der Waals surface area contributed by atoms with Crippen molar-refractivity contribution >= 4 is 26.8 Å². The van der Waals surface area contributed by atoms with Crippen LogP contribution in [0.3, 0.4) is 0 Å². The highest BCUT2D eigenvalue weighted by molar-refractivity contribution is 9.10. The number of aryl methyl sites for hydroxylation is 1. The summed E-state index contributed by atoms with van der Waals surface area (Å²) in [6, 6.07) is 4.67. The van der Waals surface area contributed by atoms with Gasteiger partial charge in [0.05, 0.1) is 5.52 Å². The average Bonchev–Trinajstić information content (AvgIpc) is 3.00. The molecule has 0 spiro atoms. The van der Waals surface area contributed by atoms with Gasteiger partial charge in [0, 0.05) is 12.0 Å². The number of fused-ring (bicyclic) bond motifs is 2. The summed E-state index contributed by atoms with van der Waals surface area (Å²) in [4.78, 5) is 0. The zero-order valence-electron chi connectivity index (χ0n) is 11.7. The van der Waals surface area contributed by atoms with Crippen molar-refractivity contribution in [2.75, 3.05) is 6.61 Å². The first-order chi connectivity index (χ1) is 9.74. The van der Waals surface area contributed by atoms with E-state index in [9.17, 15) is 0 Å². The summed E-state index contributed by atoms with van der Waals surface area (Å²) in [6.07, 6.45) is 6.04. The lowest BCUT2D eigenvalue weighted by Crippen LogP contribution is -2.19. The van der Waals surface area contributed by atoms with Gasteiger partial charge in [-0.2, -0.15) is 5.10 Å². The Hall–Kier alpha value is -0.870. The molecule has 0 amide bonds. The number of ether oxygens (including phenoxy) is 1. The predicted octanol–water partition coefficient (Wildman–Crippen LogP) is 4.55. The van der Waals surface area contributed by atoms with Crippen molar-refractivity contribution < 1.29 is 4.74 Å². The summed E-state index contributed by atoms with van der Waals surface area (Å²) in [7, 11) is 0. The molecule has 2 atom stereocenters. The molecular weight excluding hydrogens is 316 g/mol. The Kier molecular flexibility index (Phi) is 3.11. The quantitative estimate of drug-likeness (QED) is 0.765. The van der Waals surface area contributed by atoms with E-state index in [1.54, 1.807) is 0 Å². The Morgan fingerprint density at radius 2 is 2.20 bits per heavy atom. The minimum absolute atomic E-state index is 0.106. The maximum Gasteiger partial charge on any atom is 0.150 e. The Morgan fingerprint density at radius 3 is 3.00 bits per heavy atom. The molecule has 1 aromatic heterocycles. The lowest BCUT2D eigenvalue weighted by atomic mass is 10.0. The summed E-state index contributed by atoms with van der Waals surface area (Å²) in [6.45, 7) is 3.17. The molecule has 4 heteroatoms. The Bertz CT molecular complexity index is 658. The van der Waals surface area contributed by atoms with Crippen molar-refractivity contribution in [1.82, 2.24) is 9.78 Å². The van der Waals surface area contributed by atoms with E-state index in [1.807, 2.05) is 0 Å². The smallest absolute Gasteiger partial charge is 0.150 e. The molecule has 0 N–H and O–H groups in total. The van der Waals surface area contributed by atoms with E-state index in [1.165, 1.54) is 47.7 Å². The van der Waals surface area contributed by atoms with Crippen molar-refractivity contribution in [3.05, 3.63) is 27.9 Å². The Labute approximate surface area is 127 Å². The third-order valence-corrected chi connectivity index (χ3v) is 5.31. The number of halogens is 1. The highest BCUT2D eigenvalue weighted by Crippen LogP contribution is 2.38. The monoisotopic (exact) mass is 334 g/mol. The van der Waals surface area contributed by atoms with Crippen LogP contribution < -0.4 is 0 Å². The second-order valence-electron chi connectivity index (χ2n) is 6.06. The third-order valence-electron chi connectivity index (χ3n) is 4.73. The Balaban J connectivity index is 1.86. The molecule has 4 rings (SSSR count). The third kappa shape index (κ3) is 1.92. The summed E-state index contributed by atoms with van der Waals surface area (Å²) in [5.74, 6) is 0.676. The van der Waals surface area contributed by atoms with Crippen LogP contribution in [0.5, 0.6) is 0 Å². The van der Waals surface area contributed by atoms with Crippen LogP contribution in [0.15, 0.2) is 16.7 Å². The Morgan fingerprint density at radius 1 is 1.30 bits per heavy atom. The van der Waals surface area contributed by atoms with Gasteiger partial charge in [-0.25, -0.2) is 4.68 Å². The van der Waals surface area contributed by atoms with Gasteiger partial charge in [0.15, 0.2) is 6.23 Å². The molecule has 1 aromatic carbocycles. The van der Waals surface area contributed by atoms with Crippen LogP contribution in [-0.2, 0) is 11.2 Å². The number of rotatable bonds is 1. The molecule has 106 valence electrons. The van der Waals surface area contributed by atoms with Crippen LogP contribution in [-0.4, -0.2) is 16.4 Å². The summed E-state index contributed by atoms with van der Waals surface area (Å²) in [5, 5.41) is 5.92. The molecule has 1 aliphatic carbocycles. The summed E-state index contributed by atoms with van der Waals surface area (Å²) in [5.41, 5.74) is 4.22. The maximum absolute atomic E-state index is 5.91. The molecule has 0 radical (unpaired) electrons. The van der Waals surface area contributed by atoms with Crippen LogP contribution in [0.1, 0.15) is 55.9 Å². The normalized spacial score (nSPS) is 26.1. The fraction of sp³-hybridized carbons (Fsp3) is 0.562. The van der Waals surface area contributed by atoms with E-state index in [4.69, 9.17) is 4.74 Å². The number of hydrogen-bond acceptors (Lipinski definition) is 2. The molecule has 0 bridgehead atoms. The number of nitrogens with zero attached hydrogens (tertiary/aromatic N) is 2. The van der Waals surface area contributed by atoms with Crippen molar-refractivity contribution in [3.8, 4) is 0 Å². The van der Waals surface area contributed by atoms with E-state index in [2.05, 4.69) is 44.8 Å². The van der Waals surface area contributed by atoms with Gasteiger partial charge in [-0.15, -0.1) is 0 Å². The highest BCUT2D eigenvalue weighted by atomic mass is 79.9. The first-order valence-electron chi connectivity index (χ1n) is 7.56. The van der Waals surface area contributed by atoms with Crippen molar-refractivity contribution in [1.29, 1.82) is 0 Å². The van der Waals surface area contributed by atoms with E-state index in [0.29, 0.717) is 5.92 Å². The van der Waals surface area contributed by atoms with Crippen LogP contribution in [0, 0.1) is 0 Å². The predicted molar refractivity (Wildman–Crippen MR) is 83.0 cm³/mol. The minimum atomic E-state index is 0.106. The van der Waals surface area contributed by atoms with E-state index >= 15 is 0 Å². The lowest BCUT2D eigenvalue weighted by Gasteiger charge is -2.23. The van der Waals surface area contributed by atoms with Crippen LogP contribution >= 0.6 is 15.9 Å². The first kappa shape index (κ1) is 12.8. The fourth-order valence-corrected chi connectivity index (χ4v) is 4.03. The average molecular weight is 335 g/mol. The summed E-state index contributed by atoms with van der Waals surface area (Å²) >= 11 is 3.63. The molecule has 3 nitrogen and oxygen atoms in total. The van der Waals surface area contributed by atoms with Gasteiger partial charge < -0.3 is 4.74 Å². The topological polar surface area (TPSA) is 27.1 Å². The minimum Gasteiger partial charge on any atom is -0.356 e. The van der Waals surface area contributed by atoms with Crippen LogP contribution in [0.4, 0.5) is 0 Å². The van der Waals surface area contributed by atoms with Crippen LogP contribution in [0.25, 0.3) is 10.9 Å². The van der Waals surface area contributed by atoms with Gasteiger partial charge in [0.2, 0.25) is 0 Å². The van der Waals surface area contributed by atoms with Gasteiger partial charge in [-0.1, -0.05) is 6.92 Å². The zero-order valence-corrected chi connectivity index (χ0v) is 13.3. The van der Waals surface area contributed by atoms with Gasteiger partial charge in [-0.05, 0) is 77.2 Å². The lowest BCUT2D eigenvalue weighted by molar-refractivity contribution is -0.0368.